The largest absolute Gasteiger partial charge is 0.497 e. The Balaban J connectivity index is 1.29. The van der Waals surface area contributed by atoms with Crippen LogP contribution in [-0.4, -0.2) is 42.4 Å². The fraction of sp³-hybridized carbons (Fsp3) is 0.417. The summed E-state index contributed by atoms with van der Waals surface area (Å²) in [5, 5.41) is 0. The standard InChI is InChI=1S/C24H25NO4/c1-28-19-9-8-16-12-18(7-6-17(16)13-19)23(27)25-11-10-24(15-25)14-21(26)20-4-2-3-5-22(20)29-24/h2-5,8-9,13,18H,6-7,10-12,14-15H2,1H3. The Morgan fingerprint density at radius 1 is 1.21 bits per heavy atom. The zero-order valence-corrected chi connectivity index (χ0v) is 16.6. The quantitative estimate of drug-likeness (QED) is 0.787. The fourth-order valence-corrected chi connectivity index (χ4v) is 5.03. The molecular weight excluding hydrogens is 366 g/mol. The number of carbonyl (C=O) groups excluding carboxylic acids is 2. The van der Waals surface area contributed by atoms with Crippen molar-refractivity contribution in [2.24, 2.45) is 5.92 Å². The van der Waals surface area contributed by atoms with E-state index in [0.29, 0.717) is 37.2 Å². The first kappa shape index (κ1) is 18.2. The summed E-state index contributed by atoms with van der Waals surface area (Å²) in [6.45, 7) is 1.15. The number of nitrogens with zero attached hydrogens (tertiary/aromatic N) is 1. The van der Waals surface area contributed by atoms with Gasteiger partial charge in [0, 0.05) is 18.9 Å². The van der Waals surface area contributed by atoms with Crippen LogP contribution in [-0.2, 0) is 17.6 Å². The number of likely N-dealkylation sites (tertiary alicyclic amines) is 1. The lowest BCUT2D eigenvalue weighted by molar-refractivity contribution is -0.135. The summed E-state index contributed by atoms with van der Waals surface area (Å²) < 4.78 is 11.6. The molecule has 2 heterocycles. The third-order valence-electron chi connectivity index (χ3n) is 6.62. The zero-order valence-electron chi connectivity index (χ0n) is 16.6. The first-order valence-corrected chi connectivity index (χ1v) is 10.3. The lowest BCUT2D eigenvalue weighted by atomic mass is 9.83. The van der Waals surface area contributed by atoms with Crippen LogP contribution >= 0.6 is 0 Å². The average molecular weight is 391 g/mol. The normalized spacial score (nSPS) is 25.3. The molecule has 2 aromatic rings. The van der Waals surface area contributed by atoms with Gasteiger partial charge in [-0.05, 0) is 54.7 Å². The maximum atomic E-state index is 13.2. The molecule has 150 valence electrons. The Bertz CT molecular complexity index is 985. The van der Waals surface area contributed by atoms with E-state index >= 15 is 0 Å². The predicted octanol–water partition coefficient (Wildman–Crippen LogP) is 3.44. The van der Waals surface area contributed by atoms with Gasteiger partial charge in [0.15, 0.2) is 5.78 Å². The summed E-state index contributed by atoms with van der Waals surface area (Å²) in [4.78, 5) is 27.8. The molecule has 2 aliphatic heterocycles. The molecule has 1 spiro atoms. The first-order chi connectivity index (χ1) is 14.1. The summed E-state index contributed by atoms with van der Waals surface area (Å²) in [6, 6.07) is 13.5. The number of Topliss-reactive ketones (excluding diaryl/α,β-unsaturated/α-hetero) is 1. The third-order valence-corrected chi connectivity index (χ3v) is 6.62. The lowest BCUT2D eigenvalue weighted by Crippen LogP contribution is -2.46. The number of ether oxygens (including phenoxy) is 2. The van der Waals surface area contributed by atoms with Crippen LogP contribution in [0.1, 0.15) is 40.7 Å². The fourth-order valence-electron chi connectivity index (χ4n) is 5.03. The van der Waals surface area contributed by atoms with Gasteiger partial charge < -0.3 is 14.4 Å². The molecule has 3 aliphatic rings. The van der Waals surface area contributed by atoms with Crippen LogP contribution in [0, 0.1) is 5.92 Å². The van der Waals surface area contributed by atoms with Crippen molar-refractivity contribution in [1.29, 1.82) is 0 Å². The van der Waals surface area contributed by atoms with Gasteiger partial charge in [-0.2, -0.15) is 0 Å². The second-order valence-electron chi connectivity index (χ2n) is 8.47. The van der Waals surface area contributed by atoms with Crippen molar-refractivity contribution in [3.8, 4) is 11.5 Å². The number of carbonyl (C=O) groups is 2. The van der Waals surface area contributed by atoms with Gasteiger partial charge in [0.25, 0.3) is 0 Å². The minimum atomic E-state index is -0.568. The smallest absolute Gasteiger partial charge is 0.226 e. The number of ketones is 1. The van der Waals surface area contributed by atoms with E-state index in [9.17, 15) is 9.59 Å². The van der Waals surface area contributed by atoms with Crippen LogP contribution in [0.15, 0.2) is 42.5 Å². The lowest BCUT2D eigenvalue weighted by Gasteiger charge is -2.35. The number of rotatable bonds is 2. The van der Waals surface area contributed by atoms with Gasteiger partial charge >= 0.3 is 0 Å². The summed E-state index contributed by atoms with van der Waals surface area (Å²) in [5.41, 5.74) is 2.61. The van der Waals surface area contributed by atoms with E-state index in [1.54, 1.807) is 7.11 Å². The minimum Gasteiger partial charge on any atom is -0.497 e. The molecule has 5 rings (SSSR count). The molecule has 0 saturated carbocycles. The van der Waals surface area contributed by atoms with E-state index < -0.39 is 5.60 Å². The molecule has 1 aliphatic carbocycles. The highest BCUT2D eigenvalue weighted by Crippen LogP contribution is 2.39. The van der Waals surface area contributed by atoms with E-state index in [4.69, 9.17) is 9.47 Å². The van der Waals surface area contributed by atoms with Crippen molar-refractivity contribution >= 4 is 11.7 Å². The Hall–Kier alpha value is -2.82. The second-order valence-corrected chi connectivity index (χ2v) is 8.47. The predicted molar refractivity (Wildman–Crippen MR) is 108 cm³/mol. The van der Waals surface area contributed by atoms with E-state index in [-0.39, 0.29) is 17.6 Å². The molecule has 29 heavy (non-hydrogen) atoms. The molecule has 2 aromatic carbocycles. The van der Waals surface area contributed by atoms with Crippen LogP contribution < -0.4 is 9.47 Å². The summed E-state index contributed by atoms with van der Waals surface area (Å²) >= 11 is 0. The summed E-state index contributed by atoms with van der Waals surface area (Å²) in [7, 11) is 1.68. The van der Waals surface area contributed by atoms with Gasteiger partial charge in [0.1, 0.15) is 17.1 Å². The number of fused-ring (bicyclic) bond motifs is 2. The molecule has 0 radical (unpaired) electrons. The van der Waals surface area contributed by atoms with Crippen molar-refractivity contribution in [3.05, 3.63) is 59.2 Å². The monoisotopic (exact) mass is 391 g/mol. The Kier molecular flexibility index (Phi) is 4.34. The third kappa shape index (κ3) is 3.18. The van der Waals surface area contributed by atoms with Gasteiger partial charge in [-0.3, -0.25) is 9.59 Å². The second kappa shape index (κ2) is 6.90. The SMILES string of the molecule is COc1ccc2c(c1)CCC(C(=O)N1CCC3(CC(=O)c4ccccc4O3)C1)C2. The van der Waals surface area contributed by atoms with Gasteiger partial charge in [0.05, 0.1) is 25.6 Å². The molecule has 5 nitrogen and oxygen atoms in total. The molecular formula is C24H25NO4. The van der Waals surface area contributed by atoms with Gasteiger partial charge in [0.2, 0.25) is 5.91 Å². The molecule has 1 amide bonds. The van der Waals surface area contributed by atoms with Crippen molar-refractivity contribution in [1.82, 2.24) is 4.90 Å². The van der Waals surface area contributed by atoms with Gasteiger partial charge in [-0.15, -0.1) is 0 Å². The van der Waals surface area contributed by atoms with Crippen molar-refractivity contribution in [2.45, 2.75) is 37.7 Å². The summed E-state index contributed by atoms with van der Waals surface area (Å²) in [6.07, 6.45) is 3.57. The highest BCUT2D eigenvalue weighted by Gasteiger charge is 2.47. The average Bonchev–Trinajstić information content (AvgIpc) is 3.15. The van der Waals surface area contributed by atoms with Crippen LogP contribution in [0.5, 0.6) is 11.5 Å². The molecule has 2 unspecified atom stereocenters. The van der Waals surface area contributed by atoms with Gasteiger partial charge in [-0.25, -0.2) is 0 Å². The molecule has 1 fully saturated rings. The van der Waals surface area contributed by atoms with Gasteiger partial charge in [-0.1, -0.05) is 18.2 Å². The molecule has 5 heteroatoms. The molecule has 2 atom stereocenters. The van der Waals surface area contributed by atoms with Crippen LogP contribution in [0.4, 0.5) is 0 Å². The number of hydrogen-bond acceptors (Lipinski definition) is 4. The number of para-hydroxylation sites is 1. The Labute approximate surface area is 170 Å². The van der Waals surface area contributed by atoms with E-state index in [1.165, 1.54) is 11.1 Å². The topological polar surface area (TPSA) is 55.8 Å². The highest BCUT2D eigenvalue weighted by molar-refractivity contribution is 6.00. The number of hydrogen-bond donors (Lipinski definition) is 0. The van der Waals surface area contributed by atoms with Crippen molar-refractivity contribution < 1.29 is 19.1 Å². The molecule has 1 saturated heterocycles. The number of methoxy groups -OCH3 is 1. The minimum absolute atomic E-state index is 0.00220. The Morgan fingerprint density at radius 3 is 2.93 bits per heavy atom. The number of aryl methyl sites for hydroxylation is 1. The maximum absolute atomic E-state index is 13.2. The maximum Gasteiger partial charge on any atom is 0.226 e. The zero-order chi connectivity index (χ0) is 20.0. The number of amides is 1. The van der Waals surface area contributed by atoms with Crippen LogP contribution in [0.25, 0.3) is 0 Å². The van der Waals surface area contributed by atoms with E-state index in [2.05, 4.69) is 12.1 Å². The number of benzene rings is 2. The highest BCUT2D eigenvalue weighted by atomic mass is 16.5. The molecule has 0 bridgehead atoms. The van der Waals surface area contributed by atoms with Crippen molar-refractivity contribution in [2.75, 3.05) is 20.2 Å². The van der Waals surface area contributed by atoms with Crippen molar-refractivity contribution in [3.63, 3.8) is 0 Å². The Morgan fingerprint density at radius 2 is 2.07 bits per heavy atom. The van der Waals surface area contributed by atoms with Crippen LogP contribution in [0.3, 0.4) is 0 Å². The van der Waals surface area contributed by atoms with Crippen LogP contribution in [0.2, 0.25) is 0 Å². The summed E-state index contributed by atoms with van der Waals surface area (Å²) in [5.74, 6) is 1.82. The van der Waals surface area contributed by atoms with E-state index in [0.717, 1.165) is 25.0 Å². The molecule has 0 aromatic heterocycles. The molecule has 0 N–H and O–H groups in total. The van der Waals surface area contributed by atoms with E-state index in [1.807, 2.05) is 35.2 Å². The first-order valence-electron chi connectivity index (χ1n) is 10.3.